The number of aromatic nitrogens is 2. The molecule has 2 aromatic heterocycles. The minimum absolute atomic E-state index is 0.00436. The molecular weight excluding hydrogens is 410 g/mol. The second-order valence-electron chi connectivity index (χ2n) is 6.01. The maximum Gasteiger partial charge on any atom is 0.266 e. The van der Waals surface area contributed by atoms with E-state index < -0.39 is 10.0 Å². The lowest BCUT2D eigenvalue weighted by Crippen LogP contribution is -2.30. The first-order chi connectivity index (χ1) is 14.1. The first-order valence-corrected chi connectivity index (χ1v) is 11.0. The molecule has 0 aliphatic heterocycles. The van der Waals surface area contributed by atoms with Gasteiger partial charge in [0.1, 0.15) is 17.7 Å². The number of methoxy groups -OCH3 is 1. The third-order valence-electron chi connectivity index (χ3n) is 4.16. The van der Waals surface area contributed by atoms with Crippen molar-refractivity contribution >= 4 is 26.5 Å². The van der Waals surface area contributed by atoms with Crippen LogP contribution in [0.15, 0.2) is 81.8 Å². The van der Waals surface area contributed by atoms with Crippen molar-refractivity contribution < 1.29 is 17.6 Å². The minimum Gasteiger partial charge on any atom is -0.497 e. The van der Waals surface area contributed by atoms with E-state index in [0.29, 0.717) is 16.7 Å². The number of sulfonamides is 1. The Morgan fingerprint density at radius 2 is 1.86 bits per heavy atom. The summed E-state index contributed by atoms with van der Waals surface area (Å²) >= 11 is 1.24. The number of thiazole rings is 1. The lowest BCUT2D eigenvalue weighted by atomic mass is 10.2. The van der Waals surface area contributed by atoms with Gasteiger partial charge in [0.05, 0.1) is 18.6 Å². The number of anilines is 1. The number of rotatable bonds is 7. The summed E-state index contributed by atoms with van der Waals surface area (Å²) in [4.78, 5) is 8.83. The summed E-state index contributed by atoms with van der Waals surface area (Å²) in [6.45, 7) is 0.00436. The van der Waals surface area contributed by atoms with Gasteiger partial charge in [0.25, 0.3) is 10.0 Å². The second-order valence-corrected chi connectivity index (χ2v) is 8.75. The fourth-order valence-electron chi connectivity index (χ4n) is 2.71. The highest BCUT2D eigenvalue weighted by atomic mass is 32.2. The molecule has 9 heteroatoms. The van der Waals surface area contributed by atoms with Crippen molar-refractivity contribution in [3.63, 3.8) is 0 Å². The van der Waals surface area contributed by atoms with Gasteiger partial charge in [-0.1, -0.05) is 18.2 Å². The molecular formula is C20H17N3O4S2. The summed E-state index contributed by atoms with van der Waals surface area (Å²) in [5.74, 6) is 1.13. The smallest absolute Gasteiger partial charge is 0.266 e. The molecule has 0 spiro atoms. The van der Waals surface area contributed by atoms with Crippen LogP contribution < -0.4 is 9.04 Å². The van der Waals surface area contributed by atoms with Crippen molar-refractivity contribution in [3.05, 3.63) is 78.1 Å². The van der Waals surface area contributed by atoms with Gasteiger partial charge in [-0.3, -0.25) is 0 Å². The Hall–Kier alpha value is -3.17. The molecule has 0 aliphatic carbocycles. The van der Waals surface area contributed by atoms with Crippen molar-refractivity contribution in [2.24, 2.45) is 0 Å². The molecule has 0 fully saturated rings. The zero-order chi connectivity index (χ0) is 20.3. The highest BCUT2D eigenvalue weighted by Gasteiger charge is 2.28. The molecule has 2 heterocycles. The number of hydrogen-bond acceptors (Lipinski definition) is 7. The number of benzene rings is 2. The Morgan fingerprint density at radius 1 is 1.10 bits per heavy atom. The van der Waals surface area contributed by atoms with Gasteiger partial charge in [0.15, 0.2) is 5.13 Å². The first kappa shape index (κ1) is 19.2. The molecule has 0 bridgehead atoms. The molecule has 7 nitrogen and oxygen atoms in total. The van der Waals surface area contributed by atoms with Crippen LogP contribution in [0, 0.1) is 0 Å². The van der Waals surface area contributed by atoms with Crippen LogP contribution in [-0.2, 0) is 16.6 Å². The van der Waals surface area contributed by atoms with Crippen molar-refractivity contribution in [2.75, 3.05) is 11.4 Å². The van der Waals surface area contributed by atoms with Crippen LogP contribution in [0.25, 0.3) is 11.5 Å². The Balaban J connectivity index is 1.65. The maximum atomic E-state index is 13.2. The monoisotopic (exact) mass is 427 g/mol. The van der Waals surface area contributed by atoms with E-state index in [-0.39, 0.29) is 11.4 Å². The van der Waals surface area contributed by atoms with E-state index >= 15 is 0 Å². The maximum absolute atomic E-state index is 13.2. The van der Waals surface area contributed by atoms with Crippen molar-refractivity contribution in [2.45, 2.75) is 11.4 Å². The van der Waals surface area contributed by atoms with E-state index in [1.807, 2.05) is 12.1 Å². The third-order valence-corrected chi connectivity index (χ3v) is 6.82. The standard InChI is InChI=1S/C20H17N3O4S2/c1-26-17-9-7-15(8-10-17)19-22-16(14-27-19)13-23(20-21-11-12-28-20)29(24,25)18-5-3-2-4-6-18/h2-12,14H,13H2,1H3. The number of hydrogen-bond donors (Lipinski definition) is 0. The summed E-state index contributed by atoms with van der Waals surface area (Å²) in [5, 5.41) is 2.09. The lowest BCUT2D eigenvalue weighted by molar-refractivity contribution is 0.415. The van der Waals surface area contributed by atoms with Crippen LogP contribution in [0.3, 0.4) is 0 Å². The van der Waals surface area contributed by atoms with E-state index in [9.17, 15) is 8.42 Å². The van der Waals surface area contributed by atoms with E-state index in [4.69, 9.17) is 9.15 Å². The average Bonchev–Trinajstić information content (AvgIpc) is 3.45. The topological polar surface area (TPSA) is 85.5 Å². The zero-order valence-electron chi connectivity index (χ0n) is 15.4. The second kappa shape index (κ2) is 8.06. The van der Waals surface area contributed by atoms with Crippen LogP contribution >= 0.6 is 11.3 Å². The molecule has 0 unspecified atom stereocenters. The summed E-state index contributed by atoms with van der Waals surface area (Å²) in [6.07, 6.45) is 3.03. The molecule has 29 heavy (non-hydrogen) atoms. The zero-order valence-corrected chi connectivity index (χ0v) is 17.1. The van der Waals surface area contributed by atoms with Crippen LogP contribution in [0.4, 0.5) is 5.13 Å². The quantitative estimate of drug-likeness (QED) is 0.439. The minimum atomic E-state index is -3.80. The van der Waals surface area contributed by atoms with Crippen molar-refractivity contribution in [1.82, 2.24) is 9.97 Å². The van der Waals surface area contributed by atoms with E-state index in [2.05, 4.69) is 9.97 Å². The van der Waals surface area contributed by atoms with Gasteiger partial charge >= 0.3 is 0 Å². The molecule has 4 aromatic rings. The molecule has 148 valence electrons. The molecule has 0 saturated heterocycles. The number of ether oxygens (including phenoxy) is 1. The fourth-order valence-corrected chi connectivity index (χ4v) is 4.99. The van der Waals surface area contributed by atoms with Crippen molar-refractivity contribution in [1.29, 1.82) is 0 Å². The van der Waals surface area contributed by atoms with Gasteiger partial charge in [0.2, 0.25) is 5.89 Å². The fraction of sp³-hybridized carbons (Fsp3) is 0.100. The first-order valence-electron chi connectivity index (χ1n) is 8.64. The van der Waals surface area contributed by atoms with Crippen LogP contribution in [-0.4, -0.2) is 25.5 Å². The Kier molecular flexibility index (Phi) is 5.32. The number of nitrogens with zero attached hydrogens (tertiary/aromatic N) is 3. The Bertz CT molecular complexity index is 1170. The van der Waals surface area contributed by atoms with Crippen LogP contribution in [0.2, 0.25) is 0 Å². The Morgan fingerprint density at radius 3 is 2.52 bits per heavy atom. The van der Waals surface area contributed by atoms with Gasteiger partial charge in [-0.05, 0) is 36.4 Å². The molecule has 0 atom stereocenters. The highest BCUT2D eigenvalue weighted by Crippen LogP contribution is 2.28. The predicted molar refractivity (Wildman–Crippen MR) is 110 cm³/mol. The highest BCUT2D eigenvalue weighted by molar-refractivity contribution is 7.93. The number of oxazole rings is 1. The molecule has 0 aliphatic rings. The normalized spacial score (nSPS) is 11.3. The van der Waals surface area contributed by atoms with Gasteiger partial charge in [-0.15, -0.1) is 11.3 Å². The molecule has 0 saturated carbocycles. The van der Waals surface area contributed by atoms with Crippen molar-refractivity contribution in [3.8, 4) is 17.2 Å². The SMILES string of the molecule is COc1ccc(-c2nc(CN(c3nccs3)S(=O)(=O)c3ccccc3)co2)cc1. The van der Waals surface area contributed by atoms with Crippen LogP contribution in [0.1, 0.15) is 5.69 Å². The molecule has 4 rings (SSSR count). The summed E-state index contributed by atoms with van der Waals surface area (Å²) in [6, 6.07) is 15.5. The summed E-state index contributed by atoms with van der Waals surface area (Å²) < 4.78 is 38.4. The van der Waals surface area contributed by atoms with Gasteiger partial charge in [-0.25, -0.2) is 22.7 Å². The van der Waals surface area contributed by atoms with E-state index in [1.165, 1.54) is 21.9 Å². The molecule has 2 aromatic carbocycles. The summed E-state index contributed by atoms with van der Waals surface area (Å²) in [7, 11) is -2.21. The van der Waals surface area contributed by atoms with Gasteiger partial charge in [-0.2, -0.15) is 0 Å². The predicted octanol–water partition coefficient (Wildman–Crippen LogP) is 4.20. The largest absolute Gasteiger partial charge is 0.497 e. The van der Waals surface area contributed by atoms with Crippen LogP contribution in [0.5, 0.6) is 5.75 Å². The van der Waals surface area contributed by atoms with E-state index in [1.54, 1.807) is 61.2 Å². The summed E-state index contributed by atoms with van der Waals surface area (Å²) in [5.41, 5.74) is 1.24. The lowest BCUT2D eigenvalue weighted by Gasteiger charge is -2.20. The van der Waals surface area contributed by atoms with Gasteiger partial charge < -0.3 is 9.15 Å². The Labute approximate surface area is 172 Å². The third kappa shape index (κ3) is 4.01. The molecule has 0 radical (unpaired) electrons. The van der Waals surface area contributed by atoms with E-state index in [0.717, 1.165) is 11.3 Å². The molecule has 0 N–H and O–H groups in total. The van der Waals surface area contributed by atoms with Gasteiger partial charge in [0, 0.05) is 17.1 Å². The molecule has 0 amide bonds. The average molecular weight is 428 g/mol.